The van der Waals surface area contributed by atoms with E-state index in [1.54, 1.807) is 0 Å². The van der Waals surface area contributed by atoms with E-state index in [-0.39, 0.29) is 0 Å². The molecule has 0 bridgehead atoms. The topological polar surface area (TPSA) is 21.3 Å². The predicted octanol–water partition coefficient (Wildman–Crippen LogP) is 2.67. The summed E-state index contributed by atoms with van der Waals surface area (Å²) in [4.78, 5) is 0. The molecule has 1 rings (SSSR count). The highest BCUT2D eigenvalue weighted by molar-refractivity contribution is 6.17. The van der Waals surface area contributed by atoms with Gasteiger partial charge in [0.1, 0.15) is 12.4 Å². The standard InChI is InChI=1S/C12H18ClNO/c13-8-4-5-9-14-10-11-15-12-6-2-1-3-7-12/h1-3,6-7,14H,4-5,8-11H2. The average molecular weight is 228 g/mol. The molecule has 0 aliphatic heterocycles. The second kappa shape index (κ2) is 8.57. The number of halogens is 1. The maximum Gasteiger partial charge on any atom is 0.119 e. The Morgan fingerprint density at radius 3 is 2.60 bits per heavy atom. The largest absolute Gasteiger partial charge is 0.492 e. The third-order valence-corrected chi connectivity index (χ3v) is 2.30. The zero-order chi connectivity index (χ0) is 10.8. The van der Waals surface area contributed by atoms with Crippen molar-refractivity contribution in [2.24, 2.45) is 0 Å². The van der Waals surface area contributed by atoms with Crippen molar-refractivity contribution in [1.82, 2.24) is 5.32 Å². The minimum absolute atomic E-state index is 0.713. The third-order valence-electron chi connectivity index (χ3n) is 2.03. The van der Waals surface area contributed by atoms with Crippen LogP contribution < -0.4 is 10.1 Å². The van der Waals surface area contributed by atoms with Crippen molar-refractivity contribution in [2.75, 3.05) is 25.6 Å². The molecule has 15 heavy (non-hydrogen) atoms. The molecule has 0 unspecified atom stereocenters. The van der Waals surface area contributed by atoms with Crippen LogP contribution in [0.4, 0.5) is 0 Å². The van der Waals surface area contributed by atoms with Gasteiger partial charge in [0.05, 0.1) is 0 Å². The molecule has 1 aromatic carbocycles. The molecule has 0 aromatic heterocycles. The number of hydrogen-bond donors (Lipinski definition) is 1. The quantitative estimate of drug-likeness (QED) is 0.545. The van der Waals surface area contributed by atoms with Crippen LogP contribution in [0.25, 0.3) is 0 Å². The lowest BCUT2D eigenvalue weighted by atomic mass is 10.3. The van der Waals surface area contributed by atoms with Crippen molar-refractivity contribution in [2.45, 2.75) is 12.8 Å². The van der Waals surface area contributed by atoms with Crippen LogP contribution in [-0.4, -0.2) is 25.6 Å². The van der Waals surface area contributed by atoms with Gasteiger partial charge in [-0.3, -0.25) is 0 Å². The van der Waals surface area contributed by atoms with Gasteiger partial charge in [0.25, 0.3) is 0 Å². The Morgan fingerprint density at radius 1 is 1.07 bits per heavy atom. The predicted molar refractivity (Wildman–Crippen MR) is 64.8 cm³/mol. The molecular weight excluding hydrogens is 210 g/mol. The molecule has 84 valence electrons. The minimum atomic E-state index is 0.713. The summed E-state index contributed by atoms with van der Waals surface area (Å²) in [5.74, 6) is 1.68. The molecule has 2 nitrogen and oxygen atoms in total. The van der Waals surface area contributed by atoms with Crippen molar-refractivity contribution in [1.29, 1.82) is 0 Å². The van der Waals surface area contributed by atoms with E-state index in [0.717, 1.165) is 37.6 Å². The first-order chi connectivity index (χ1) is 7.43. The molecule has 0 saturated carbocycles. The van der Waals surface area contributed by atoms with Gasteiger partial charge >= 0.3 is 0 Å². The van der Waals surface area contributed by atoms with Crippen molar-refractivity contribution in [3.05, 3.63) is 30.3 Å². The summed E-state index contributed by atoms with van der Waals surface area (Å²) in [7, 11) is 0. The molecular formula is C12H18ClNO. The molecule has 0 aliphatic carbocycles. The molecule has 1 N–H and O–H groups in total. The van der Waals surface area contributed by atoms with Crippen molar-refractivity contribution in [3.63, 3.8) is 0 Å². The molecule has 0 aliphatic rings. The Morgan fingerprint density at radius 2 is 1.87 bits per heavy atom. The highest BCUT2D eigenvalue weighted by atomic mass is 35.5. The van der Waals surface area contributed by atoms with E-state index >= 15 is 0 Å². The molecule has 3 heteroatoms. The summed E-state index contributed by atoms with van der Waals surface area (Å²) in [6.07, 6.45) is 2.21. The number of alkyl halides is 1. The fraction of sp³-hybridized carbons (Fsp3) is 0.500. The maximum absolute atomic E-state index is 5.57. The fourth-order valence-electron chi connectivity index (χ4n) is 1.23. The fourth-order valence-corrected chi connectivity index (χ4v) is 1.42. The van der Waals surface area contributed by atoms with Gasteiger partial charge < -0.3 is 10.1 Å². The van der Waals surface area contributed by atoms with E-state index in [0.29, 0.717) is 6.61 Å². The average Bonchev–Trinajstić information content (AvgIpc) is 2.29. The van der Waals surface area contributed by atoms with Crippen LogP contribution in [0.2, 0.25) is 0 Å². The summed E-state index contributed by atoms with van der Waals surface area (Å²) < 4.78 is 5.52. The first-order valence-electron chi connectivity index (χ1n) is 5.38. The number of para-hydroxylation sites is 1. The first kappa shape index (κ1) is 12.3. The first-order valence-corrected chi connectivity index (χ1v) is 5.91. The second-order valence-corrected chi connectivity index (χ2v) is 3.69. The van der Waals surface area contributed by atoms with Crippen LogP contribution in [0.5, 0.6) is 5.75 Å². The summed E-state index contributed by atoms with van der Waals surface area (Å²) in [6, 6.07) is 9.87. The Hall–Kier alpha value is -0.730. The van der Waals surface area contributed by atoms with Crippen molar-refractivity contribution >= 4 is 11.6 Å². The molecule has 0 atom stereocenters. The lowest BCUT2D eigenvalue weighted by molar-refractivity contribution is 0.314. The Bertz CT molecular complexity index is 241. The lowest BCUT2D eigenvalue weighted by Crippen LogP contribution is -2.22. The van der Waals surface area contributed by atoms with Crippen LogP contribution in [0, 0.1) is 0 Å². The number of hydrogen-bond acceptors (Lipinski definition) is 2. The van der Waals surface area contributed by atoms with E-state index in [2.05, 4.69) is 5.32 Å². The third kappa shape index (κ3) is 6.37. The molecule has 0 saturated heterocycles. The van der Waals surface area contributed by atoms with Gasteiger partial charge in [0, 0.05) is 12.4 Å². The summed E-state index contributed by atoms with van der Waals surface area (Å²) >= 11 is 5.57. The van der Waals surface area contributed by atoms with Crippen molar-refractivity contribution in [3.8, 4) is 5.75 Å². The molecule has 0 heterocycles. The monoisotopic (exact) mass is 227 g/mol. The lowest BCUT2D eigenvalue weighted by Gasteiger charge is -2.06. The highest BCUT2D eigenvalue weighted by Gasteiger charge is 1.91. The molecule has 1 aromatic rings. The second-order valence-electron chi connectivity index (χ2n) is 3.31. The van der Waals surface area contributed by atoms with E-state index in [1.165, 1.54) is 0 Å². The van der Waals surface area contributed by atoms with E-state index in [1.807, 2.05) is 30.3 Å². The number of ether oxygens (including phenoxy) is 1. The number of rotatable bonds is 8. The minimum Gasteiger partial charge on any atom is -0.492 e. The highest BCUT2D eigenvalue weighted by Crippen LogP contribution is 2.07. The van der Waals surface area contributed by atoms with Gasteiger partial charge in [-0.05, 0) is 31.5 Å². The van der Waals surface area contributed by atoms with Gasteiger partial charge in [0.2, 0.25) is 0 Å². The van der Waals surface area contributed by atoms with E-state index in [9.17, 15) is 0 Å². The van der Waals surface area contributed by atoms with Crippen LogP contribution in [-0.2, 0) is 0 Å². The Balaban J connectivity index is 1.93. The van der Waals surface area contributed by atoms with Crippen LogP contribution in [0.3, 0.4) is 0 Å². The zero-order valence-corrected chi connectivity index (χ0v) is 9.67. The van der Waals surface area contributed by atoms with Crippen LogP contribution in [0.15, 0.2) is 30.3 Å². The van der Waals surface area contributed by atoms with Crippen LogP contribution >= 0.6 is 11.6 Å². The summed E-state index contributed by atoms with van der Waals surface area (Å²) in [5, 5.41) is 3.31. The van der Waals surface area contributed by atoms with Gasteiger partial charge in [-0.25, -0.2) is 0 Å². The van der Waals surface area contributed by atoms with Gasteiger partial charge in [-0.15, -0.1) is 11.6 Å². The molecule has 0 spiro atoms. The SMILES string of the molecule is ClCCCCNCCOc1ccccc1. The Labute approximate surface area is 96.6 Å². The number of unbranched alkanes of at least 4 members (excludes halogenated alkanes) is 1. The van der Waals surface area contributed by atoms with Gasteiger partial charge in [-0.1, -0.05) is 18.2 Å². The van der Waals surface area contributed by atoms with E-state index in [4.69, 9.17) is 16.3 Å². The molecule has 0 fully saturated rings. The van der Waals surface area contributed by atoms with Crippen molar-refractivity contribution < 1.29 is 4.74 Å². The Kier molecular flexibility index (Phi) is 7.05. The van der Waals surface area contributed by atoms with Gasteiger partial charge in [-0.2, -0.15) is 0 Å². The number of benzene rings is 1. The molecule has 0 amide bonds. The zero-order valence-electron chi connectivity index (χ0n) is 8.92. The summed E-state index contributed by atoms with van der Waals surface area (Å²) in [6.45, 7) is 2.62. The number of nitrogens with one attached hydrogen (secondary N) is 1. The smallest absolute Gasteiger partial charge is 0.119 e. The normalized spacial score (nSPS) is 10.2. The summed E-state index contributed by atoms with van der Waals surface area (Å²) in [5.41, 5.74) is 0. The van der Waals surface area contributed by atoms with Gasteiger partial charge in [0.15, 0.2) is 0 Å². The van der Waals surface area contributed by atoms with E-state index < -0.39 is 0 Å². The van der Waals surface area contributed by atoms with Crippen LogP contribution in [0.1, 0.15) is 12.8 Å². The maximum atomic E-state index is 5.57. The molecule has 0 radical (unpaired) electrons.